The highest BCUT2D eigenvalue weighted by Gasteiger charge is 2.36. The molecule has 3 N–H and O–H groups in total. The van der Waals surface area contributed by atoms with Crippen LogP contribution in [0.15, 0.2) is 72.6 Å². The SMILES string of the molecule is CC(C)(/C=C(\C#N)C(=O)N1CCC[C@H]1Cn1nc(-c2ccc(C(=O)Nc3ccccn3)cc2)c2c(N)nccc21)N1CCN(C2COC2)CC1. The molecule has 13 heteroatoms. The van der Waals surface area contributed by atoms with Crippen LogP contribution in [0.5, 0.6) is 0 Å². The highest BCUT2D eigenvalue weighted by atomic mass is 16.5. The number of carbonyl (C=O) groups is 2. The lowest BCUT2D eigenvalue weighted by molar-refractivity contribution is -0.127. The molecule has 2 amide bonds. The summed E-state index contributed by atoms with van der Waals surface area (Å²) in [6, 6.07) is 16.9. The number of likely N-dealkylation sites (tertiary alicyclic amines) is 1. The van der Waals surface area contributed by atoms with Gasteiger partial charge in [-0.25, -0.2) is 9.97 Å². The van der Waals surface area contributed by atoms with Crippen LogP contribution in [0.1, 0.15) is 37.0 Å². The molecule has 0 saturated carbocycles. The third kappa shape index (κ3) is 6.69. The highest BCUT2D eigenvalue weighted by molar-refractivity contribution is 6.05. The Hall–Kier alpha value is -5.16. The van der Waals surface area contributed by atoms with Crippen LogP contribution >= 0.6 is 0 Å². The first-order valence-corrected chi connectivity index (χ1v) is 17.2. The van der Waals surface area contributed by atoms with Crippen LogP contribution in [0.3, 0.4) is 0 Å². The normalized spacial score (nSPS) is 19.3. The van der Waals surface area contributed by atoms with Gasteiger partial charge in [0.05, 0.1) is 42.7 Å². The molecule has 3 aliphatic rings. The highest BCUT2D eigenvalue weighted by Crippen LogP contribution is 2.33. The number of nitrogens with two attached hydrogens (primary N) is 1. The van der Waals surface area contributed by atoms with E-state index in [1.54, 1.807) is 36.7 Å². The van der Waals surface area contributed by atoms with Crippen molar-refractivity contribution in [1.29, 1.82) is 5.26 Å². The third-order valence-electron chi connectivity index (χ3n) is 10.2. The van der Waals surface area contributed by atoms with Gasteiger partial charge in [0.15, 0.2) is 0 Å². The van der Waals surface area contributed by atoms with Gasteiger partial charge in [0.2, 0.25) is 0 Å². The number of benzene rings is 1. The molecular weight excluding hydrogens is 632 g/mol. The van der Waals surface area contributed by atoms with E-state index in [4.69, 9.17) is 15.6 Å². The number of fused-ring (bicyclic) bond motifs is 1. The molecule has 0 spiro atoms. The van der Waals surface area contributed by atoms with Crippen LogP contribution in [0.25, 0.3) is 22.2 Å². The predicted octanol–water partition coefficient (Wildman–Crippen LogP) is 3.56. The van der Waals surface area contributed by atoms with E-state index in [-0.39, 0.29) is 23.4 Å². The molecule has 0 radical (unpaired) electrons. The van der Waals surface area contributed by atoms with E-state index in [0.717, 1.165) is 63.3 Å². The molecule has 7 rings (SSSR count). The molecule has 13 nitrogen and oxygen atoms in total. The average molecular weight is 675 g/mol. The van der Waals surface area contributed by atoms with Crippen LogP contribution < -0.4 is 11.1 Å². The maximum Gasteiger partial charge on any atom is 0.264 e. The van der Waals surface area contributed by atoms with E-state index in [0.29, 0.717) is 47.4 Å². The fourth-order valence-corrected chi connectivity index (χ4v) is 7.23. The Morgan fingerprint density at radius 2 is 1.82 bits per heavy atom. The number of piperazine rings is 1. The first kappa shape index (κ1) is 33.3. The molecule has 4 aromatic rings. The molecule has 1 aromatic carbocycles. The van der Waals surface area contributed by atoms with Crippen LogP contribution in [0, 0.1) is 11.3 Å². The fourth-order valence-electron chi connectivity index (χ4n) is 7.23. The number of amides is 2. The van der Waals surface area contributed by atoms with E-state index in [1.165, 1.54) is 0 Å². The minimum atomic E-state index is -0.454. The van der Waals surface area contributed by atoms with E-state index in [9.17, 15) is 14.9 Å². The van der Waals surface area contributed by atoms with Gasteiger partial charge < -0.3 is 20.7 Å². The Morgan fingerprint density at radius 3 is 2.50 bits per heavy atom. The van der Waals surface area contributed by atoms with Crippen molar-refractivity contribution in [1.82, 2.24) is 34.4 Å². The van der Waals surface area contributed by atoms with Crippen LogP contribution in [0.2, 0.25) is 0 Å². The fraction of sp³-hybridized carbons (Fsp3) is 0.405. The smallest absolute Gasteiger partial charge is 0.264 e. The Labute approximate surface area is 291 Å². The van der Waals surface area contributed by atoms with Crippen LogP contribution in [0.4, 0.5) is 11.6 Å². The lowest BCUT2D eigenvalue weighted by Crippen LogP contribution is -2.59. The summed E-state index contributed by atoms with van der Waals surface area (Å²) < 4.78 is 7.26. The Balaban J connectivity index is 1.08. The zero-order chi connectivity index (χ0) is 34.8. The average Bonchev–Trinajstić information content (AvgIpc) is 3.72. The summed E-state index contributed by atoms with van der Waals surface area (Å²) in [6.07, 6.45) is 6.75. The molecule has 50 heavy (non-hydrogen) atoms. The van der Waals surface area contributed by atoms with Crippen molar-refractivity contribution in [3.63, 3.8) is 0 Å². The summed E-state index contributed by atoms with van der Waals surface area (Å²) in [5, 5.41) is 18.7. The second kappa shape index (κ2) is 14.0. The van der Waals surface area contributed by atoms with Crippen molar-refractivity contribution >= 4 is 34.4 Å². The number of nitrogens with one attached hydrogen (secondary N) is 1. The van der Waals surface area contributed by atoms with Gasteiger partial charge in [-0.3, -0.25) is 24.1 Å². The van der Waals surface area contributed by atoms with Crippen molar-refractivity contribution in [2.75, 3.05) is 57.0 Å². The number of carbonyl (C=O) groups excluding carboxylic acids is 2. The minimum absolute atomic E-state index is 0.154. The number of nitriles is 1. The van der Waals surface area contributed by atoms with Gasteiger partial charge in [0.1, 0.15) is 29.0 Å². The second-order valence-electron chi connectivity index (χ2n) is 13.7. The standard InChI is InChI=1S/C37H42N10O3/c1-37(2,45-18-16-44(17-19-45)29-23-50-24-29)20-27(21-38)36(49)46-15-5-6-28(46)22-47-30-12-14-41-34(39)32(30)33(43-47)25-8-10-26(11-9-25)35(48)42-31-7-3-4-13-40-31/h3-4,7-14,20,28-29H,5-6,15-19,22-24H2,1-2H3,(H2,39,41)(H,40,42,48)/b27-20+/t28-/m0/s1. The summed E-state index contributed by atoms with van der Waals surface area (Å²) in [5.41, 5.74) is 8.82. The molecule has 3 fully saturated rings. The number of anilines is 2. The number of ether oxygens (including phenoxy) is 1. The Kier molecular flexibility index (Phi) is 9.33. The van der Waals surface area contributed by atoms with E-state index in [1.807, 2.05) is 39.9 Å². The summed E-state index contributed by atoms with van der Waals surface area (Å²) in [5.74, 6) is 0.304. The molecule has 3 aliphatic heterocycles. The Bertz CT molecular complexity index is 1940. The largest absolute Gasteiger partial charge is 0.383 e. The number of hydrogen-bond donors (Lipinski definition) is 2. The van der Waals surface area contributed by atoms with Crippen molar-refractivity contribution in [3.05, 3.63) is 78.1 Å². The maximum atomic E-state index is 14.0. The van der Waals surface area contributed by atoms with Gasteiger partial charge in [-0.05, 0) is 63.1 Å². The summed E-state index contributed by atoms with van der Waals surface area (Å²) in [7, 11) is 0. The molecule has 3 aromatic heterocycles. The number of pyridine rings is 2. The number of nitrogens with zero attached hydrogens (tertiary/aromatic N) is 8. The lowest BCUT2D eigenvalue weighted by atomic mass is 9.97. The zero-order valence-electron chi connectivity index (χ0n) is 28.5. The summed E-state index contributed by atoms with van der Waals surface area (Å²) >= 11 is 0. The lowest BCUT2D eigenvalue weighted by Gasteiger charge is -2.46. The second-order valence-corrected chi connectivity index (χ2v) is 13.7. The molecule has 0 unspecified atom stereocenters. The van der Waals surface area contributed by atoms with Crippen molar-refractivity contribution < 1.29 is 14.3 Å². The van der Waals surface area contributed by atoms with Gasteiger partial charge >= 0.3 is 0 Å². The summed E-state index contributed by atoms with van der Waals surface area (Å²) in [6.45, 7) is 10.4. The first-order valence-electron chi connectivity index (χ1n) is 17.2. The van der Waals surface area contributed by atoms with E-state index >= 15 is 0 Å². The van der Waals surface area contributed by atoms with Gasteiger partial charge in [0.25, 0.3) is 11.8 Å². The Morgan fingerprint density at radius 1 is 1.04 bits per heavy atom. The van der Waals surface area contributed by atoms with E-state index < -0.39 is 5.54 Å². The molecule has 258 valence electrons. The van der Waals surface area contributed by atoms with E-state index in [2.05, 4.69) is 45.0 Å². The van der Waals surface area contributed by atoms with Crippen LogP contribution in [-0.4, -0.2) is 110 Å². The topological polar surface area (TPSA) is 159 Å². The van der Waals surface area contributed by atoms with Gasteiger partial charge in [0, 0.05) is 61.8 Å². The molecule has 6 heterocycles. The number of aromatic nitrogens is 4. The van der Waals surface area contributed by atoms with Gasteiger partial charge in [-0.15, -0.1) is 0 Å². The van der Waals surface area contributed by atoms with Gasteiger partial charge in [-0.2, -0.15) is 10.4 Å². The molecule has 3 saturated heterocycles. The number of nitrogen functional groups attached to an aromatic ring is 1. The monoisotopic (exact) mass is 674 g/mol. The predicted molar refractivity (Wildman–Crippen MR) is 190 cm³/mol. The quantitative estimate of drug-likeness (QED) is 0.199. The molecule has 1 atom stereocenters. The third-order valence-corrected chi connectivity index (χ3v) is 10.2. The van der Waals surface area contributed by atoms with Gasteiger partial charge in [-0.1, -0.05) is 18.2 Å². The first-order chi connectivity index (χ1) is 24.2. The van der Waals surface area contributed by atoms with Crippen molar-refractivity contribution in [2.24, 2.45) is 0 Å². The minimum Gasteiger partial charge on any atom is -0.383 e. The zero-order valence-corrected chi connectivity index (χ0v) is 28.5. The van der Waals surface area contributed by atoms with Crippen molar-refractivity contribution in [3.8, 4) is 17.3 Å². The van der Waals surface area contributed by atoms with Crippen molar-refractivity contribution in [2.45, 2.75) is 50.9 Å². The molecule has 0 aliphatic carbocycles. The summed E-state index contributed by atoms with van der Waals surface area (Å²) in [4.78, 5) is 41.9. The molecule has 0 bridgehead atoms. The maximum absolute atomic E-state index is 14.0. The molecular formula is C37H42N10O3. The van der Waals surface area contributed by atoms with Crippen LogP contribution in [-0.2, 0) is 16.1 Å². The number of rotatable bonds is 9. The number of hydrogen-bond acceptors (Lipinski definition) is 10.